The minimum atomic E-state index is 0.291. The number of hydrogen-bond donors (Lipinski definition) is 0. The maximum absolute atomic E-state index is 5.33. The Labute approximate surface area is 108 Å². The van der Waals surface area contributed by atoms with Gasteiger partial charge in [0.15, 0.2) is 17.3 Å². The number of hydrogen-bond acceptors (Lipinski definition) is 6. The second-order valence-electron chi connectivity index (χ2n) is 3.90. The lowest BCUT2D eigenvalue weighted by Gasteiger charge is -1.99. The highest BCUT2D eigenvalue weighted by Gasteiger charge is 2.14. The highest BCUT2D eigenvalue weighted by Crippen LogP contribution is 2.32. The van der Waals surface area contributed by atoms with E-state index in [0.717, 1.165) is 22.8 Å². The summed E-state index contributed by atoms with van der Waals surface area (Å²) in [6, 6.07) is 5.84. The lowest BCUT2D eigenvalue weighted by atomic mass is 10.1. The third-order valence-corrected chi connectivity index (χ3v) is 3.11. The predicted molar refractivity (Wildman–Crippen MR) is 66.9 cm³/mol. The predicted octanol–water partition coefficient (Wildman–Crippen LogP) is 2.25. The van der Waals surface area contributed by atoms with E-state index >= 15 is 0 Å². The van der Waals surface area contributed by atoms with Crippen molar-refractivity contribution < 1.29 is 14.0 Å². The Bertz CT molecular complexity index is 556. The SMILES string of the molecule is CSCc1nc(Cc2ccc3c(c2)OCO3)no1. The van der Waals surface area contributed by atoms with Crippen molar-refractivity contribution in [2.45, 2.75) is 12.2 Å². The van der Waals surface area contributed by atoms with Gasteiger partial charge in [-0.15, -0.1) is 0 Å². The molecule has 0 bridgehead atoms. The molecule has 0 fully saturated rings. The zero-order chi connectivity index (χ0) is 12.4. The summed E-state index contributed by atoms with van der Waals surface area (Å²) >= 11 is 1.66. The number of aromatic nitrogens is 2. The van der Waals surface area contributed by atoms with Gasteiger partial charge in [0.05, 0.1) is 5.75 Å². The Kier molecular flexibility index (Phi) is 3.10. The Balaban J connectivity index is 1.75. The molecule has 18 heavy (non-hydrogen) atoms. The molecule has 0 aliphatic carbocycles. The van der Waals surface area contributed by atoms with Crippen molar-refractivity contribution in [1.82, 2.24) is 10.1 Å². The van der Waals surface area contributed by atoms with Gasteiger partial charge >= 0.3 is 0 Å². The van der Waals surface area contributed by atoms with Crippen LogP contribution < -0.4 is 9.47 Å². The maximum atomic E-state index is 5.33. The molecule has 0 atom stereocenters. The van der Waals surface area contributed by atoms with E-state index in [2.05, 4.69) is 10.1 Å². The van der Waals surface area contributed by atoms with Gasteiger partial charge in [-0.2, -0.15) is 16.7 Å². The minimum Gasteiger partial charge on any atom is -0.454 e. The van der Waals surface area contributed by atoms with Gasteiger partial charge in [-0.3, -0.25) is 0 Å². The standard InChI is InChI=1S/C12H12N2O3S/c1-18-6-12-13-11(14-17-12)5-8-2-3-9-10(4-8)16-7-15-9/h2-4H,5-7H2,1H3. The van der Waals surface area contributed by atoms with E-state index in [-0.39, 0.29) is 0 Å². The fourth-order valence-electron chi connectivity index (χ4n) is 1.78. The summed E-state index contributed by atoms with van der Waals surface area (Å²) in [5.74, 6) is 3.67. The van der Waals surface area contributed by atoms with E-state index in [1.807, 2.05) is 24.5 Å². The molecule has 5 nitrogen and oxygen atoms in total. The van der Waals surface area contributed by atoms with E-state index in [9.17, 15) is 0 Å². The van der Waals surface area contributed by atoms with E-state index in [0.29, 0.717) is 24.9 Å². The summed E-state index contributed by atoms with van der Waals surface area (Å²) in [6.45, 7) is 0.291. The second-order valence-corrected chi connectivity index (χ2v) is 4.77. The Morgan fingerprint density at radius 2 is 2.17 bits per heavy atom. The summed E-state index contributed by atoms with van der Waals surface area (Å²) < 4.78 is 15.7. The molecule has 94 valence electrons. The van der Waals surface area contributed by atoms with Gasteiger partial charge in [-0.05, 0) is 24.0 Å². The molecule has 1 aromatic carbocycles. The lowest BCUT2D eigenvalue weighted by Crippen LogP contribution is -1.93. The van der Waals surface area contributed by atoms with Gasteiger partial charge in [-0.1, -0.05) is 11.2 Å². The molecule has 1 aromatic heterocycles. The van der Waals surface area contributed by atoms with E-state index < -0.39 is 0 Å². The highest BCUT2D eigenvalue weighted by atomic mass is 32.2. The number of nitrogens with zero attached hydrogens (tertiary/aromatic N) is 2. The molecule has 0 N–H and O–H groups in total. The minimum absolute atomic E-state index is 0.291. The number of fused-ring (bicyclic) bond motifs is 1. The van der Waals surface area contributed by atoms with Crippen molar-refractivity contribution in [3.63, 3.8) is 0 Å². The van der Waals surface area contributed by atoms with Crippen LogP contribution >= 0.6 is 11.8 Å². The van der Waals surface area contributed by atoms with Gasteiger partial charge in [0.2, 0.25) is 12.7 Å². The summed E-state index contributed by atoms with van der Waals surface area (Å²) in [4.78, 5) is 4.32. The molecule has 1 aliphatic rings. The average molecular weight is 264 g/mol. The van der Waals surface area contributed by atoms with Crippen LogP contribution in [0, 0.1) is 0 Å². The fourth-order valence-corrected chi connectivity index (χ4v) is 2.14. The first-order chi connectivity index (χ1) is 8.85. The van der Waals surface area contributed by atoms with E-state index in [4.69, 9.17) is 14.0 Å². The zero-order valence-corrected chi connectivity index (χ0v) is 10.7. The van der Waals surface area contributed by atoms with Gasteiger partial charge in [-0.25, -0.2) is 0 Å². The molecule has 0 spiro atoms. The molecular formula is C12H12N2O3S. The Morgan fingerprint density at radius 3 is 3.06 bits per heavy atom. The molecule has 0 saturated heterocycles. The molecule has 0 radical (unpaired) electrons. The molecule has 0 unspecified atom stereocenters. The highest BCUT2D eigenvalue weighted by molar-refractivity contribution is 7.97. The first kappa shape index (κ1) is 11.4. The van der Waals surface area contributed by atoms with Crippen LogP contribution in [0.15, 0.2) is 22.7 Å². The number of thioether (sulfide) groups is 1. The van der Waals surface area contributed by atoms with Crippen LogP contribution in [0.4, 0.5) is 0 Å². The van der Waals surface area contributed by atoms with Crippen molar-refractivity contribution in [2.24, 2.45) is 0 Å². The molecular weight excluding hydrogens is 252 g/mol. The summed E-state index contributed by atoms with van der Waals surface area (Å²) in [5.41, 5.74) is 1.08. The number of ether oxygens (including phenoxy) is 2. The van der Waals surface area contributed by atoms with Gasteiger partial charge < -0.3 is 14.0 Å². The monoisotopic (exact) mass is 264 g/mol. The third-order valence-electron chi connectivity index (χ3n) is 2.58. The van der Waals surface area contributed by atoms with Gasteiger partial charge in [0.25, 0.3) is 0 Å². The first-order valence-corrected chi connectivity index (χ1v) is 6.93. The third kappa shape index (κ3) is 2.28. The van der Waals surface area contributed by atoms with Crippen molar-refractivity contribution in [3.8, 4) is 11.5 Å². The largest absolute Gasteiger partial charge is 0.454 e. The summed E-state index contributed by atoms with van der Waals surface area (Å²) in [6.07, 6.45) is 2.64. The van der Waals surface area contributed by atoms with Gasteiger partial charge in [0, 0.05) is 6.42 Å². The van der Waals surface area contributed by atoms with Crippen LogP contribution in [0.25, 0.3) is 0 Å². The average Bonchev–Trinajstić information content (AvgIpc) is 2.98. The van der Waals surface area contributed by atoms with Crippen molar-refractivity contribution in [1.29, 1.82) is 0 Å². The normalized spacial score (nSPS) is 12.9. The molecule has 2 aromatic rings. The van der Waals surface area contributed by atoms with Gasteiger partial charge in [0.1, 0.15) is 0 Å². The summed E-state index contributed by atoms with van der Waals surface area (Å²) in [7, 11) is 0. The fraction of sp³-hybridized carbons (Fsp3) is 0.333. The van der Waals surface area contributed by atoms with E-state index in [1.54, 1.807) is 11.8 Å². The van der Waals surface area contributed by atoms with Crippen LogP contribution in [0.3, 0.4) is 0 Å². The Morgan fingerprint density at radius 1 is 1.28 bits per heavy atom. The topological polar surface area (TPSA) is 57.4 Å². The zero-order valence-electron chi connectivity index (χ0n) is 9.88. The van der Waals surface area contributed by atoms with Crippen molar-refractivity contribution in [2.75, 3.05) is 13.0 Å². The molecule has 1 aliphatic heterocycles. The van der Waals surface area contributed by atoms with Crippen LogP contribution in [0.1, 0.15) is 17.3 Å². The van der Waals surface area contributed by atoms with Crippen molar-refractivity contribution in [3.05, 3.63) is 35.5 Å². The van der Waals surface area contributed by atoms with E-state index in [1.165, 1.54) is 0 Å². The number of rotatable bonds is 4. The van der Waals surface area contributed by atoms with Crippen LogP contribution in [-0.4, -0.2) is 23.2 Å². The smallest absolute Gasteiger partial charge is 0.236 e. The molecule has 2 heterocycles. The molecule has 0 saturated carbocycles. The summed E-state index contributed by atoms with van der Waals surface area (Å²) in [5, 5.41) is 3.95. The first-order valence-electron chi connectivity index (χ1n) is 5.54. The van der Waals surface area contributed by atoms with Crippen molar-refractivity contribution >= 4 is 11.8 Å². The van der Waals surface area contributed by atoms with Crippen LogP contribution in [0.5, 0.6) is 11.5 Å². The quantitative estimate of drug-likeness (QED) is 0.844. The lowest BCUT2D eigenvalue weighted by molar-refractivity contribution is 0.174. The maximum Gasteiger partial charge on any atom is 0.236 e. The second kappa shape index (κ2) is 4.89. The molecule has 0 amide bonds. The molecule has 3 rings (SSSR count). The molecule has 6 heteroatoms. The van der Waals surface area contributed by atoms with Crippen LogP contribution in [0.2, 0.25) is 0 Å². The van der Waals surface area contributed by atoms with Crippen LogP contribution in [-0.2, 0) is 12.2 Å². The number of benzene rings is 1. The Hall–Kier alpha value is -1.69.